The van der Waals surface area contributed by atoms with Gasteiger partial charge in [0.2, 0.25) is 0 Å². The van der Waals surface area contributed by atoms with Crippen molar-refractivity contribution in [2.45, 2.75) is 5.41 Å². The second kappa shape index (κ2) is 15.0. The smallest absolute Gasteiger partial charge is 0.0714 e. The summed E-state index contributed by atoms with van der Waals surface area (Å²) in [4.78, 5) is 6.80. The predicted molar refractivity (Wildman–Crippen MR) is 261 cm³/mol. The minimum atomic E-state index is -0.509. The lowest BCUT2D eigenvalue weighted by atomic mass is 9.67. The summed E-state index contributed by atoms with van der Waals surface area (Å²) in [6.07, 6.45) is 3.74. The van der Waals surface area contributed by atoms with Crippen LogP contribution in [0, 0.1) is 0 Å². The third-order valence-corrected chi connectivity index (χ3v) is 13.0. The van der Waals surface area contributed by atoms with E-state index in [0.29, 0.717) is 0 Å². The van der Waals surface area contributed by atoms with Crippen molar-refractivity contribution in [2.75, 3.05) is 4.90 Å². The van der Waals surface area contributed by atoms with Gasteiger partial charge in [0, 0.05) is 45.9 Å². The first-order valence-electron chi connectivity index (χ1n) is 21.6. The Morgan fingerprint density at radius 2 is 0.921 bits per heavy atom. The molecule has 63 heavy (non-hydrogen) atoms. The standard InChI is InChI=1S/C60H41N3/c1-4-16-46(17-5-1)60(47-18-6-2-7-19-47)56-24-12-10-22-52(56)53-37-35-51(40-57(53)60)62(50-33-28-43(29-34-50)45-15-14-38-61-41-45)49-31-26-42(27-32-49)44-30-36-55-54-23-11-13-25-58(54)63(59(55)39-44)48-20-8-3-9-21-48/h1-41H. The van der Waals surface area contributed by atoms with Crippen molar-refractivity contribution in [1.29, 1.82) is 0 Å². The summed E-state index contributed by atoms with van der Waals surface area (Å²) in [6.45, 7) is 0. The zero-order valence-electron chi connectivity index (χ0n) is 34.5. The Hall–Kier alpha value is -8.27. The van der Waals surface area contributed by atoms with E-state index >= 15 is 0 Å². The molecule has 0 unspecified atom stereocenters. The average molecular weight is 804 g/mol. The first-order chi connectivity index (χ1) is 31.3. The molecule has 296 valence electrons. The molecule has 0 aliphatic heterocycles. The summed E-state index contributed by atoms with van der Waals surface area (Å²) >= 11 is 0. The number of pyridine rings is 1. The molecule has 9 aromatic carbocycles. The molecular weight excluding hydrogens is 763 g/mol. The van der Waals surface area contributed by atoms with E-state index < -0.39 is 5.41 Å². The van der Waals surface area contributed by atoms with Gasteiger partial charge in [-0.15, -0.1) is 0 Å². The van der Waals surface area contributed by atoms with Crippen LogP contribution in [0.5, 0.6) is 0 Å². The van der Waals surface area contributed by atoms with Gasteiger partial charge in [-0.2, -0.15) is 0 Å². The molecule has 3 heteroatoms. The molecule has 0 radical (unpaired) electrons. The zero-order valence-corrected chi connectivity index (χ0v) is 34.5. The van der Waals surface area contributed by atoms with Crippen LogP contribution in [0.1, 0.15) is 22.3 Å². The fourth-order valence-electron chi connectivity index (χ4n) is 10.2. The van der Waals surface area contributed by atoms with Gasteiger partial charge in [-0.3, -0.25) is 4.98 Å². The second-order valence-electron chi connectivity index (χ2n) is 16.3. The van der Waals surface area contributed by atoms with Gasteiger partial charge in [0.05, 0.1) is 16.4 Å². The molecular formula is C60H41N3. The predicted octanol–water partition coefficient (Wildman–Crippen LogP) is 15.3. The Labute approximate surface area is 367 Å². The molecule has 0 amide bonds. The molecule has 11 aromatic rings. The van der Waals surface area contributed by atoms with Crippen LogP contribution in [0.25, 0.3) is 60.9 Å². The summed E-state index contributed by atoms with van der Waals surface area (Å²) in [5, 5.41) is 2.50. The number of hydrogen-bond donors (Lipinski definition) is 0. The van der Waals surface area contributed by atoms with Gasteiger partial charge in [0.1, 0.15) is 0 Å². The first kappa shape index (κ1) is 36.6. The lowest BCUT2D eigenvalue weighted by Crippen LogP contribution is -2.28. The van der Waals surface area contributed by atoms with Gasteiger partial charge >= 0.3 is 0 Å². The van der Waals surface area contributed by atoms with E-state index in [2.05, 4.69) is 245 Å². The molecule has 1 aliphatic rings. The van der Waals surface area contributed by atoms with E-state index in [-0.39, 0.29) is 0 Å². The number of nitrogens with zero attached hydrogens (tertiary/aromatic N) is 3. The number of rotatable bonds is 8. The van der Waals surface area contributed by atoms with Crippen molar-refractivity contribution in [3.63, 3.8) is 0 Å². The first-order valence-corrected chi connectivity index (χ1v) is 21.6. The van der Waals surface area contributed by atoms with E-state index in [4.69, 9.17) is 0 Å². The maximum absolute atomic E-state index is 4.40. The van der Waals surface area contributed by atoms with E-state index in [1.165, 1.54) is 60.8 Å². The van der Waals surface area contributed by atoms with Crippen molar-refractivity contribution in [3.8, 4) is 39.1 Å². The quantitative estimate of drug-likeness (QED) is 0.153. The number of fused-ring (bicyclic) bond motifs is 6. The van der Waals surface area contributed by atoms with Crippen LogP contribution in [0.2, 0.25) is 0 Å². The number of para-hydroxylation sites is 2. The molecule has 3 nitrogen and oxygen atoms in total. The van der Waals surface area contributed by atoms with Crippen LogP contribution in [-0.2, 0) is 5.41 Å². The lowest BCUT2D eigenvalue weighted by molar-refractivity contribution is 0.768. The highest BCUT2D eigenvalue weighted by atomic mass is 15.1. The van der Waals surface area contributed by atoms with E-state index in [1.807, 2.05) is 18.5 Å². The Kier molecular flexibility index (Phi) is 8.72. The highest BCUT2D eigenvalue weighted by Gasteiger charge is 2.46. The van der Waals surface area contributed by atoms with Crippen LogP contribution < -0.4 is 4.90 Å². The minimum absolute atomic E-state index is 0.509. The van der Waals surface area contributed by atoms with E-state index in [1.54, 1.807) is 0 Å². The largest absolute Gasteiger partial charge is 0.310 e. The fourth-order valence-corrected chi connectivity index (χ4v) is 10.2. The average Bonchev–Trinajstić information content (AvgIpc) is 3.86. The van der Waals surface area contributed by atoms with Gasteiger partial charge in [0.15, 0.2) is 0 Å². The van der Waals surface area contributed by atoms with Gasteiger partial charge in [-0.05, 0) is 122 Å². The van der Waals surface area contributed by atoms with Crippen molar-refractivity contribution < 1.29 is 0 Å². The molecule has 12 rings (SSSR count). The summed E-state index contributed by atoms with van der Waals surface area (Å²) in [5.41, 5.74) is 18.4. The van der Waals surface area contributed by atoms with E-state index in [9.17, 15) is 0 Å². The molecule has 0 spiro atoms. The Bertz CT molecular complexity index is 3370. The van der Waals surface area contributed by atoms with Gasteiger partial charge in [-0.1, -0.05) is 170 Å². The summed E-state index contributed by atoms with van der Waals surface area (Å²) < 4.78 is 2.39. The van der Waals surface area contributed by atoms with Crippen LogP contribution in [0.4, 0.5) is 17.1 Å². The van der Waals surface area contributed by atoms with Crippen molar-refractivity contribution in [1.82, 2.24) is 9.55 Å². The normalized spacial score (nSPS) is 12.6. The molecule has 2 aromatic heterocycles. The summed E-state index contributed by atoms with van der Waals surface area (Å²) in [6, 6.07) is 86.4. The van der Waals surface area contributed by atoms with Gasteiger partial charge in [0.25, 0.3) is 0 Å². The molecule has 2 heterocycles. The van der Waals surface area contributed by atoms with Gasteiger partial charge < -0.3 is 9.47 Å². The van der Waals surface area contributed by atoms with Crippen LogP contribution in [0.3, 0.4) is 0 Å². The highest BCUT2D eigenvalue weighted by molar-refractivity contribution is 6.10. The zero-order chi connectivity index (χ0) is 41.7. The fraction of sp³-hybridized carbons (Fsp3) is 0.0167. The Balaban J connectivity index is 1.02. The summed E-state index contributed by atoms with van der Waals surface area (Å²) in [7, 11) is 0. The second-order valence-corrected chi connectivity index (χ2v) is 16.3. The minimum Gasteiger partial charge on any atom is -0.310 e. The Morgan fingerprint density at radius 3 is 1.60 bits per heavy atom. The maximum Gasteiger partial charge on any atom is 0.0714 e. The van der Waals surface area contributed by atoms with Gasteiger partial charge in [-0.25, -0.2) is 0 Å². The van der Waals surface area contributed by atoms with Crippen LogP contribution in [-0.4, -0.2) is 9.55 Å². The SMILES string of the molecule is c1ccc(-n2c3ccccc3c3ccc(-c4ccc(N(c5ccc(-c6cccnc6)cc5)c5ccc6c(c5)C(c5ccccc5)(c5ccccc5)c5ccccc5-6)cc4)cc32)cc1. The monoisotopic (exact) mass is 803 g/mol. The number of hydrogen-bond acceptors (Lipinski definition) is 2. The van der Waals surface area contributed by atoms with Crippen molar-refractivity contribution >= 4 is 38.9 Å². The molecule has 1 aliphatic carbocycles. The topological polar surface area (TPSA) is 21.1 Å². The maximum atomic E-state index is 4.40. The Morgan fingerprint density at radius 1 is 0.365 bits per heavy atom. The number of anilines is 3. The molecule has 0 fully saturated rings. The van der Waals surface area contributed by atoms with Crippen LogP contribution >= 0.6 is 0 Å². The lowest BCUT2D eigenvalue weighted by Gasteiger charge is -2.35. The van der Waals surface area contributed by atoms with Crippen molar-refractivity contribution in [2.24, 2.45) is 0 Å². The third-order valence-electron chi connectivity index (χ3n) is 13.0. The molecule has 0 atom stereocenters. The molecule has 0 bridgehead atoms. The molecule has 0 N–H and O–H groups in total. The molecule has 0 saturated carbocycles. The van der Waals surface area contributed by atoms with E-state index in [0.717, 1.165) is 39.4 Å². The molecule has 0 saturated heterocycles. The van der Waals surface area contributed by atoms with Crippen LogP contribution in [0.15, 0.2) is 249 Å². The number of benzene rings is 9. The third kappa shape index (κ3) is 5.93. The highest BCUT2D eigenvalue weighted by Crippen LogP contribution is 2.57. The number of aromatic nitrogens is 2. The summed E-state index contributed by atoms with van der Waals surface area (Å²) in [5.74, 6) is 0. The van der Waals surface area contributed by atoms with Crippen molar-refractivity contribution in [3.05, 3.63) is 271 Å².